The number of ether oxygens (including phenoxy) is 1. The first kappa shape index (κ1) is 8.34. The van der Waals surface area contributed by atoms with Crippen LogP contribution in [-0.2, 0) is 9.53 Å². The van der Waals surface area contributed by atoms with Crippen molar-refractivity contribution >= 4 is 6.08 Å². The molecule has 0 N–H and O–H groups in total. The summed E-state index contributed by atoms with van der Waals surface area (Å²) >= 11 is 0. The summed E-state index contributed by atoms with van der Waals surface area (Å²) in [6.45, 7) is 3.87. The van der Waals surface area contributed by atoms with Crippen LogP contribution in [0.25, 0.3) is 0 Å². The average molecular weight is 129 g/mol. The molecule has 0 amide bonds. The van der Waals surface area contributed by atoms with Crippen LogP contribution in [-0.4, -0.2) is 25.8 Å². The quantitative estimate of drug-likeness (QED) is 0.312. The lowest BCUT2D eigenvalue weighted by atomic mass is 10.5. The monoisotopic (exact) mass is 129 g/mol. The van der Waals surface area contributed by atoms with E-state index in [0.717, 1.165) is 13.0 Å². The Morgan fingerprint density at radius 1 is 1.67 bits per heavy atom. The van der Waals surface area contributed by atoms with E-state index in [4.69, 9.17) is 4.74 Å². The lowest BCUT2D eigenvalue weighted by Gasteiger charge is -1.94. The number of carbonyl (C=O) groups excluding carboxylic acids is 1. The Kier molecular flexibility index (Phi) is 6.80. The first-order valence-corrected chi connectivity index (χ1v) is 3.03. The fourth-order valence-electron chi connectivity index (χ4n) is 0.436. The lowest BCUT2D eigenvalue weighted by molar-refractivity contribution is 0.146. The normalized spacial score (nSPS) is 8.56. The summed E-state index contributed by atoms with van der Waals surface area (Å²) in [5, 5.41) is 0. The molecule has 0 aliphatic rings. The fourth-order valence-corrected chi connectivity index (χ4v) is 0.436. The second-order valence-corrected chi connectivity index (χ2v) is 1.52. The van der Waals surface area contributed by atoms with Gasteiger partial charge in [0.05, 0.1) is 6.54 Å². The number of aliphatic imine (C=N–C) groups is 1. The topological polar surface area (TPSA) is 38.7 Å². The minimum atomic E-state index is 0.531. The van der Waals surface area contributed by atoms with Gasteiger partial charge in [-0.3, -0.25) is 0 Å². The van der Waals surface area contributed by atoms with Gasteiger partial charge in [0, 0.05) is 13.2 Å². The van der Waals surface area contributed by atoms with Crippen molar-refractivity contribution in [1.82, 2.24) is 0 Å². The van der Waals surface area contributed by atoms with E-state index in [2.05, 4.69) is 4.99 Å². The van der Waals surface area contributed by atoms with Crippen LogP contribution in [0.1, 0.15) is 13.3 Å². The number of hydrogen-bond donors (Lipinski definition) is 0. The van der Waals surface area contributed by atoms with Crippen molar-refractivity contribution < 1.29 is 9.53 Å². The molecule has 0 aliphatic heterocycles. The minimum Gasteiger partial charge on any atom is -0.382 e. The zero-order valence-corrected chi connectivity index (χ0v) is 5.59. The third-order valence-electron chi connectivity index (χ3n) is 0.827. The number of hydrogen-bond acceptors (Lipinski definition) is 3. The Morgan fingerprint density at radius 2 is 2.44 bits per heavy atom. The zero-order chi connectivity index (χ0) is 6.95. The first-order chi connectivity index (χ1) is 4.41. The van der Waals surface area contributed by atoms with Gasteiger partial charge in [-0.25, -0.2) is 9.79 Å². The average Bonchev–Trinajstić information content (AvgIpc) is 1.89. The maximum Gasteiger partial charge on any atom is 0.234 e. The summed E-state index contributed by atoms with van der Waals surface area (Å²) in [7, 11) is 0. The summed E-state index contributed by atoms with van der Waals surface area (Å²) < 4.78 is 4.99. The SMILES string of the molecule is CCOCCCN=C=O. The Balaban J connectivity index is 2.82. The third-order valence-corrected chi connectivity index (χ3v) is 0.827. The van der Waals surface area contributed by atoms with Gasteiger partial charge in [-0.05, 0) is 13.3 Å². The van der Waals surface area contributed by atoms with E-state index in [1.165, 1.54) is 6.08 Å². The molecular weight excluding hydrogens is 118 g/mol. The molecule has 0 bridgehead atoms. The van der Waals surface area contributed by atoms with Crippen LogP contribution in [0.3, 0.4) is 0 Å². The maximum absolute atomic E-state index is 9.51. The molecule has 0 aliphatic carbocycles. The maximum atomic E-state index is 9.51. The summed E-state index contributed by atoms with van der Waals surface area (Å²) in [6.07, 6.45) is 2.27. The molecule has 9 heavy (non-hydrogen) atoms. The van der Waals surface area contributed by atoms with Crippen LogP contribution >= 0.6 is 0 Å². The van der Waals surface area contributed by atoms with Crippen LogP contribution in [0, 0.1) is 0 Å². The van der Waals surface area contributed by atoms with Crippen molar-refractivity contribution in [2.24, 2.45) is 4.99 Å². The zero-order valence-electron chi connectivity index (χ0n) is 5.59. The Labute approximate surface area is 54.7 Å². The van der Waals surface area contributed by atoms with Crippen LogP contribution in [0.2, 0.25) is 0 Å². The smallest absolute Gasteiger partial charge is 0.234 e. The molecule has 0 heterocycles. The minimum absolute atomic E-state index is 0.531. The highest BCUT2D eigenvalue weighted by Crippen LogP contribution is 1.81. The predicted octanol–water partition coefficient (Wildman–Crippen LogP) is 0.749. The Bertz CT molecular complexity index is 97.2. The van der Waals surface area contributed by atoms with Gasteiger partial charge in [0.15, 0.2) is 0 Å². The van der Waals surface area contributed by atoms with E-state index in [9.17, 15) is 4.79 Å². The molecule has 0 rings (SSSR count). The third kappa shape index (κ3) is 7.34. The summed E-state index contributed by atoms with van der Waals surface area (Å²) in [4.78, 5) is 12.9. The highest BCUT2D eigenvalue weighted by molar-refractivity contribution is 5.32. The van der Waals surface area contributed by atoms with E-state index in [1.54, 1.807) is 0 Å². The van der Waals surface area contributed by atoms with Crippen LogP contribution in [0.5, 0.6) is 0 Å². The van der Waals surface area contributed by atoms with Crippen molar-refractivity contribution in [3.05, 3.63) is 0 Å². The number of isocyanates is 1. The van der Waals surface area contributed by atoms with Gasteiger partial charge < -0.3 is 4.74 Å². The standard InChI is InChI=1S/C6H11NO2/c1-2-9-5-3-4-7-6-8/h2-5H2,1H3. The first-order valence-electron chi connectivity index (χ1n) is 3.03. The van der Waals surface area contributed by atoms with E-state index in [1.807, 2.05) is 6.92 Å². The molecular formula is C6H11NO2. The molecule has 3 heteroatoms. The van der Waals surface area contributed by atoms with Crippen molar-refractivity contribution in [3.8, 4) is 0 Å². The van der Waals surface area contributed by atoms with E-state index < -0.39 is 0 Å². The highest BCUT2D eigenvalue weighted by Gasteiger charge is 1.82. The Hall–Kier alpha value is -0.660. The summed E-state index contributed by atoms with van der Waals surface area (Å²) in [6, 6.07) is 0. The molecule has 0 spiro atoms. The molecule has 0 aromatic heterocycles. The molecule has 0 unspecified atom stereocenters. The Morgan fingerprint density at radius 3 is 3.00 bits per heavy atom. The van der Waals surface area contributed by atoms with Gasteiger partial charge in [-0.1, -0.05) is 0 Å². The molecule has 0 aromatic carbocycles. The second-order valence-electron chi connectivity index (χ2n) is 1.52. The van der Waals surface area contributed by atoms with Gasteiger partial charge in [-0.2, -0.15) is 0 Å². The number of nitrogens with zero attached hydrogens (tertiary/aromatic N) is 1. The fraction of sp³-hybridized carbons (Fsp3) is 0.833. The summed E-state index contributed by atoms with van der Waals surface area (Å²) in [5.41, 5.74) is 0. The number of rotatable bonds is 5. The van der Waals surface area contributed by atoms with E-state index >= 15 is 0 Å². The van der Waals surface area contributed by atoms with Crippen LogP contribution < -0.4 is 0 Å². The molecule has 0 atom stereocenters. The molecule has 0 saturated carbocycles. The molecule has 3 nitrogen and oxygen atoms in total. The lowest BCUT2D eigenvalue weighted by Crippen LogP contribution is -1.94. The van der Waals surface area contributed by atoms with Gasteiger partial charge in [0.25, 0.3) is 0 Å². The van der Waals surface area contributed by atoms with Gasteiger partial charge >= 0.3 is 0 Å². The van der Waals surface area contributed by atoms with Crippen molar-refractivity contribution in [3.63, 3.8) is 0 Å². The largest absolute Gasteiger partial charge is 0.382 e. The van der Waals surface area contributed by atoms with Gasteiger partial charge in [0.2, 0.25) is 6.08 Å². The highest BCUT2D eigenvalue weighted by atomic mass is 16.5. The van der Waals surface area contributed by atoms with Crippen molar-refractivity contribution in [2.45, 2.75) is 13.3 Å². The molecule has 0 radical (unpaired) electrons. The van der Waals surface area contributed by atoms with E-state index in [-0.39, 0.29) is 0 Å². The second kappa shape index (κ2) is 7.34. The predicted molar refractivity (Wildman–Crippen MR) is 34.1 cm³/mol. The van der Waals surface area contributed by atoms with Gasteiger partial charge in [-0.15, -0.1) is 0 Å². The molecule has 52 valence electrons. The van der Waals surface area contributed by atoms with Crippen molar-refractivity contribution in [1.29, 1.82) is 0 Å². The van der Waals surface area contributed by atoms with Gasteiger partial charge in [0.1, 0.15) is 0 Å². The summed E-state index contributed by atoms with van der Waals surface area (Å²) in [5.74, 6) is 0. The van der Waals surface area contributed by atoms with Crippen molar-refractivity contribution in [2.75, 3.05) is 19.8 Å². The molecule has 0 aromatic rings. The van der Waals surface area contributed by atoms with E-state index in [0.29, 0.717) is 13.2 Å². The molecule has 0 saturated heterocycles. The van der Waals surface area contributed by atoms with Crippen LogP contribution in [0.15, 0.2) is 4.99 Å². The molecule has 0 fully saturated rings. The van der Waals surface area contributed by atoms with Crippen LogP contribution in [0.4, 0.5) is 0 Å².